The van der Waals surface area contributed by atoms with Crippen LogP contribution in [0.5, 0.6) is 0 Å². The Labute approximate surface area is 134 Å². The molecule has 0 radical (unpaired) electrons. The number of hydrogen-bond donors (Lipinski definition) is 1. The first-order chi connectivity index (χ1) is 10.3. The second-order valence-corrected chi connectivity index (χ2v) is 7.12. The Bertz CT molecular complexity index is 465. The van der Waals surface area contributed by atoms with Gasteiger partial charge < -0.3 is 5.32 Å². The van der Waals surface area contributed by atoms with Gasteiger partial charge >= 0.3 is 0 Å². The maximum absolute atomic E-state index is 13.0. The number of halogens is 1. The van der Waals surface area contributed by atoms with Crippen molar-refractivity contribution in [1.82, 2.24) is 5.32 Å². The summed E-state index contributed by atoms with van der Waals surface area (Å²) >= 11 is 0. The van der Waals surface area contributed by atoms with Gasteiger partial charge in [-0.25, -0.2) is 4.39 Å². The van der Waals surface area contributed by atoms with Crippen LogP contribution in [-0.4, -0.2) is 5.91 Å². The topological polar surface area (TPSA) is 29.1 Å². The zero-order valence-corrected chi connectivity index (χ0v) is 14.4. The molecule has 0 aliphatic carbocycles. The molecule has 1 unspecified atom stereocenters. The van der Waals surface area contributed by atoms with Crippen LogP contribution >= 0.6 is 0 Å². The molecule has 1 aromatic rings. The van der Waals surface area contributed by atoms with Crippen LogP contribution in [-0.2, 0) is 11.3 Å². The van der Waals surface area contributed by atoms with Crippen molar-refractivity contribution in [3.8, 4) is 0 Å². The van der Waals surface area contributed by atoms with Crippen molar-refractivity contribution in [1.29, 1.82) is 0 Å². The zero-order valence-electron chi connectivity index (χ0n) is 14.4. The molecule has 0 fully saturated rings. The molecule has 0 saturated heterocycles. The van der Waals surface area contributed by atoms with Gasteiger partial charge in [-0.1, -0.05) is 52.7 Å². The molecule has 0 aliphatic heterocycles. The molecule has 0 aliphatic rings. The lowest BCUT2D eigenvalue weighted by Crippen LogP contribution is -2.23. The van der Waals surface area contributed by atoms with E-state index < -0.39 is 0 Å². The van der Waals surface area contributed by atoms with Crippen LogP contribution in [0, 0.1) is 17.2 Å². The summed E-state index contributed by atoms with van der Waals surface area (Å²) in [6, 6.07) is 6.34. The molecule has 1 amide bonds. The minimum absolute atomic E-state index is 0.0491. The standard InChI is InChI=1S/C19H30FNO/c1-5-16(19(2,3)4)10-6-7-12-18(22)21-14-15-9-8-11-17(20)13-15/h8-9,11,13,16H,5-7,10,12,14H2,1-4H3,(H,21,22). The Hall–Kier alpha value is -1.38. The Morgan fingerprint density at radius 2 is 2.00 bits per heavy atom. The van der Waals surface area contributed by atoms with E-state index in [1.807, 2.05) is 6.07 Å². The van der Waals surface area contributed by atoms with Gasteiger partial charge in [0.2, 0.25) is 5.91 Å². The molecular formula is C19H30FNO. The number of hydrogen-bond acceptors (Lipinski definition) is 1. The predicted molar refractivity (Wildman–Crippen MR) is 90.0 cm³/mol. The van der Waals surface area contributed by atoms with Gasteiger partial charge in [-0.15, -0.1) is 0 Å². The van der Waals surface area contributed by atoms with Crippen molar-refractivity contribution >= 4 is 5.91 Å². The number of carbonyl (C=O) groups is 1. The number of carbonyl (C=O) groups excluding carboxylic acids is 1. The largest absolute Gasteiger partial charge is 0.352 e. The second kappa shape index (κ2) is 8.92. The Morgan fingerprint density at radius 1 is 1.27 bits per heavy atom. The van der Waals surface area contributed by atoms with Gasteiger partial charge in [0.05, 0.1) is 0 Å². The highest BCUT2D eigenvalue weighted by Gasteiger charge is 2.22. The molecule has 0 aromatic heterocycles. The average Bonchev–Trinajstić information content (AvgIpc) is 2.44. The summed E-state index contributed by atoms with van der Waals surface area (Å²) in [7, 11) is 0. The molecule has 0 spiro atoms. The quantitative estimate of drug-likeness (QED) is 0.667. The van der Waals surface area contributed by atoms with Crippen molar-refractivity contribution in [3.05, 3.63) is 35.6 Å². The zero-order chi connectivity index (χ0) is 16.6. The maximum Gasteiger partial charge on any atom is 0.220 e. The molecule has 1 aromatic carbocycles. The molecule has 124 valence electrons. The highest BCUT2D eigenvalue weighted by molar-refractivity contribution is 5.75. The summed E-state index contributed by atoms with van der Waals surface area (Å²) in [5, 5.41) is 2.85. The van der Waals surface area contributed by atoms with Crippen molar-refractivity contribution in [2.45, 2.75) is 66.3 Å². The lowest BCUT2D eigenvalue weighted by atomic mass is 9.76. The summed E-state index contributed by atoms with van der Waals surface area (Å²) in [6.07, 6.45) is 4.92. The SMILES string of the molecule is CCC(CCCCC(=O)NCc1cccc(F)c1)C(C)(C)C. The number of amides is 1. The van der Waals surface area contributed by atoms with Gasteiger partial charge in [0.25, 0.3) is 0 Å². The van der Waals surface area contributed by atoms with E-state index in [1.54, 1.807) is 6.07 Å². The summed E-state index contributed by atoms with van der Waals surface area (Å²) < 4.78 is 13.0. The van der Waals surface area contributed by atoms with Crippen molar-refractivity contribution in [3.63, 3.8) is 0 Å². The summed E-state index contributed by atoms with van der Waals surface area (Å²) in [4.78, 5) is 11.8. The van der Waals surface area contributed by atoms with Gasteiger partial charge in [0.1, 0.15) is 5.82 Å². The van der Waals surface area contributed by atoms with Crippen molar-refractivity contribution in [2.75, 3.05) is 0 Å². The highest BCUT2D eigenvalue weighted by Crippen LogP contribution is 2.32. The monoisotopic (exact) mass is 307 g/mol. The Morgan fingerprint density at radius 3 is 2.59 bits per heavy atom. The smallest absolute Gasteiger partial charge is 0.220 e. The summed E-state index contributed by atoms with van der Waals surface area (Å²) in [5.41, 5.74) is 1.14. The number of benzene rings is 1. The molecule has 3 heteroatoms. The summed E-state index contributed by atoms with van der Waals surface area (Å²) in [5.74, 6) is 0.496. The van der Waals surface area contributed by atoms with Gasteiger partial charge in [0, 0.05) is 13.0 Å². The van der Waals surface area contributed by atoms with Crippen LogP contribution in [0.2, 0.25) is 0 Å². The fourth-order valence-electron chi connectivity index (χ4n) is 2.86. The lowest BCUT2D eigenvalue weighted by Gasteiger charge is -2.29. The first-order valence-electron chi connectivity index (χ1n) is 8.34. The maximum atomic E-state index is 13.0. The van der Waals surface area contributed by atoms with Crippen LogP contribution in [0.3, 0.4) is 0 Å². The molecule has 1 rings (SSSR count). The van der Waals surface area contributed by atoms with Gasteiger partial charge in [-0.2, -0.15) is 0 Å². The van der Waals surface area contributed by atoms with E-state index in [0.29, 0.717) is 24.3 Å². The van der Waals surface area contributed by atoms with E-state index in [1.165, 1.54) is 25.0 Å². The number of nitrogens with one attached hydrogen (secondary N) is 1. The van der Waals surface area contributed by atoms with Crippen LogP contribution in [0.25, 0.3) is 0 Å². The molecule has 1 atom stereocenters. The fourth-order valence-corrected chi connectivity index (χ4v) is 2.86. The average molecular weight is 307 g/mol. The number of rotatable bonds is 8. The minimum Gasteiger partial charge on any atom is -0.352 e. The van der Waals surface area contributed by atoms with Crippen LogP contribution < -0.4 is 5.32 Å². The Balaban J connectivity index is 2.21. The van der Waals surface area contributed by atoms with Crippen LogP contribution in [0.15, 0.2) is 24.3 Å². The third kappa shape index (κ3) is 7.06. The van der Waals surface area contributed by atoms with E-state index in [4.69, 9.17) is 0 Å². The molecule has 0 heterocycles. The second-order valence-electron chi connectivity index (χ2n) is 7.12. The fraction of sp³-hybridized carbons (Fsp3) is 0.632. The van der Waals surface area contributed by atoms with E-state index in [9.17, 15) is 9.18 Å². The van der Waals surface area contributed by atoms with E-state index in [-0.39, 0.29) is 11.7 Å². The number of unbranched alkanes of at least 4 members (excludes halogenated alkanes) is 1. The first-order valence-corrected chi connectivity index (χ1v) is 8.34. The van der Waals surface area contributed by atoms with E-state index in [0.717, 1.165) is 18.4 Å². The predicted octanol–water partition coefficient (Wildman–Crippen LogP) is 5.07. The third-order valence-corrected chi connectivity index (χ3v) is 4.30. The Kier molecular flexibility index (Phi) is 7.57. The molecule has 22 heavy (non-hydrogen) atoms. The molecule has 1 N–H and O–H groups in total. The van der Waals surface area contributed by atoms with Crippen molar-refractivity contribution < 1.29 is 9.18 Å². The minimum atomic E-state index is -0.264. The highest BCUT2D eigenvalue weighted by atomic mass is 19.1. The van der Waals surface area contributed by atoms with Gasteiger partial charge in [0.15, 0.2) is 0 Å². The van der Waals surface area contributed by atoms with E-state index in [2.05, 4.69) is 33.0 Å². The van der Waals surface area contributed by atoms with Gasteiger partial charge in [-0.05, 0) is 41.9 Å². The molecule has 0 saturated carbocycles. The van der Waals surface area contributed by atoms with Crippen molar-refractivity contribution in [2.24, 2.45) is 11.3 Å². The molecule has 0 bridgehead atoms. The van der Waals surface area contributed by atoms with Gasteiger partial charge in [-0.3, -0.25) is 4.79 Å². The third-order valence-electron chi connectivity index (χ3n) is 4.30. The normalized spacial score (nSPS) is 13.0. The summed E-state index contributed by atoms with van der Waals surface area (Å²) in [6.45, 7) is 9.49. The first kappa shape index (κ1) is 18.7. The van der Waals surface area contributed by atoms with E-state index >= 15 is 0 Å². The van der Waals surface area contributed by atoms with Crippen LogP contribution in [0.1, 0.15) is 65.4 Å². The molecule has 2 nitrogen and oxygen atoms in total. The van der Waals surface area contributed by atoms with Crippen LogP contribution in [0.4, 0.5) is 4.39 Å². The molecular weight excluding hydrogens is 277 g/mol. The lowest BCUT2D eigenvalue weighted by molar-refractivity contribution is -0.121.